The van der Waals surface area contributed by atoms with Crippen molar-refractivity contribution >= 4 is 87.6 Å². The maximum absolute atomic E-state index is 6.30. The number of fused-ring (bicyclic) bond motifs is 6. The Hall–Kier alpha value is -5.84. The van der Waals surface area contributed by atoms with Crippen LogP contribution < -0.4 is 9.80 Å². The highest BCUT2D eigenvalue weighted by molar-refractivity contribution is 7.26. The van der Waals surface area contributed by atoms with E-state index in [1.165, 1.54) is 25.9 Å². The first-order chi connectivity index (χ1) is 22.8. The predicted octanol–water partition coefficient (Wildman–Crippen LogP) is 12.9. The fourth-order valence-electron chi connectivity index (χ4n) is 6.55. The third kappa shape index (κ3) is 4.42. The second-order valence-electron chi connectivity index (χ2n) is 11.4. The molecule has 0 fully saturated rings. The lowest BCUT2D eigenvalue weighted by Gasteiger charge is -2.25. The Morgan fingerprint density at radius 3 is 1.61 bits per heavy atom. The molecule has 46 heavy (non-hydrogen) atoms. The molecular formula is C42H28N2OS. The van der Waals surface area contributed by atoms with Crippen LogP contribution in [0.15, 0.2) is 174 Å². The van der Waals surface area contributed by atoms with Gasteiger partial charge in [0.2, 0.25) is 0 Å². The predicted molar refractivity (Wildman–Crippen MR) is 196 cm³/mol. The number of anilines is 6. The molecule has 0 amide bonds. The second-order valence-corrected chi connectivity index (χ2v) is 12.4. The monoisotopic (exact) mass is 608 g/mol. The van der Waals surface area contributed by atoms with Crippen molar-refractivity contribution in [3.05, 3.63) is 170 Å². The summed E-state index contributed by atoms with van der Waals surface area (Å²) < 4.78 is 8.81. The first-order valence-electron chi connectivity index (χ1n) is 15.4. The Morgan fingerprint density at radius 1 is 0.370 bits per heavy atom. The van der Waals surface area contributed by atoms with Crippen LogP contribution in [0, 0.1) is 0 Å². The molecule has 9 aromatic rings. The van der Waals surface area contributed by atoms with E-state index in [0.717, 1.165) is 50.4 Å². The molecule has 9 rings (SSSR count). The highest BCUT2D eigenvalue weighted by Crippen LogP contribution is 2.46. The quantitative estimate of drug-likeness (QED) is 0.187. The fourth-order valence-corrected chi connectivity index (χ4v) is 7.79. The van der Waals surface area contributed by atoms with Crippen molar-refractivity contribution in [3.63, 3.8) is 0 Å². The number of thiophene rings is 1. The van der Waals surface area contributed by atoms with Crippen LogP contribution in [0.4, 0.5) is 34.1 Å². The lowest BCUT2D eigenvalue weighted by atomic mass is 10.1. The fraction of sp³-hybridized carbons (Fsp3) is 0. The molecule has 0 aliphatic heterocycles. The summed E-state index contributed by atoms with van der Waals surface area (Å²) >= 11 is 1.85. The molecule has 0 spiro atoms. The molecule has 0 aliphatic carbocycles. The van der Waals surface area contributed by atoms with Crippen LogP contribution in [0.2, 0.25) is 0 Å². The zero-order valence-electron chi connectivity index (χ0n) is 24.9. The number of furan rings is 1. The smallest absolute Gasteiger partial charge is 0.137 e. The van der Waals surface area contributed by atoms with E-state index in [-0.39, 0.29) is 0 Å². The molecule has 0 atom stereocenters. The number of hydrogen-bond acceptors (Lipinski definition) is 4. The summed E-state index contributed by atoms with van der Waals surface area (Å²) in [5, 5.41) is 4.78. The van der Waals surface area contributed by atoms with E-state index >= 15 is 0 Å². The maximum Gasteiger partial charge on any atom is 0.137 e. The van der Waals surface area contributed by atoms with Crippen molar-refractivity contribution < 1.29 is 4.42 Å². The molecule has 3 nitrogen and oxygen atoms in total. The molecule has 7 aromatic carbocycles. The number of para-hydroxylation sites is 4. The average molecular weight is 609 g/mol. The minimum absolute atomic E-state index is 0.883. The van der Waals surface area contributed by atoms with E-state index in [4.69, 9.17) is 4.42 Å². The lowest BCUT2D eigenvalue weighted by molar-refractivity contribution is 0.669. The van der Waals surface area contributed by atoms with Crippen molar-refractivity contribution in [3.8, 4) is 0 Å². The van der Waals surface area contributed by atoms with E-state index in [9.17, 15) is 0 Å². The molecule has 0 aliphatic rings. The van der Waals surface area contributed by atoms with Gasteiger partial charge in [-0.15, -0.1) is 11.3 Å². The summed E-state index contributed by atoms with van der Waals surface area (Å²) in [6.45, 7) is 0. The summed E-state index contributed by atoms with van der Waals surface area (Å²) in [6, 6.07) is 60.1. The third-order valence-corrected chi connectivity index (χ3v) is 9.82. The van der Waals surface area contributed by atoms with E-state index in [2.05, 4.69) is 168 Å². The highest BCUT2D eigenvalue weighted by Gasteiger charge is 2.20. The number of nitrogens with zero attached hydrogens (tertiary/aromatic N) is 2. The summed E-state index contributed by atoms with van der Waals surface area (Å²) in [5.74, 6) is 0. The van der Waals surface area contributed by atoms with Gasteiger partial charge in [0.25, 0.3) is 0 Å². The van der Waals surface area contributed by atoms with Crippen molar-refractivity contribution in [1.82, 2.24) is 0 Å². The molecule has 0 unspecified atom stereocenters. The van der Waals surface area contributed by atoms with Crippen molar-refractivity contribution in [2.75, 3.05) is 9.80 Å². The first-order valence-corrected chi connectivity index (χ1v) is 16.3. The van der Waals surface area contributed by atoms with Crippen molar-refractivity contribution in [2.24, 2.45) is 0 Å². The molecule has 2 aromatic heterocycles. The lowest BCUT2D eigenvalue weighted by Crippen LogP contribution is -2.09. The number of rotatable bonds is 6. The Bertz CT molecular complexity index is 2440. The SMILES string of the molecule is c1ccc(N(c2ccc3c(c2)oc2ccccc23)c2ccc3c(c2)sc2c(N(c4ccccc4)c4ccccc4)cccc23)cc1. The van der Waals surface area contributed by atoms with E-state index in [1.807, 2.05) is 23.5 Å². The van der Waals surface area contributed by atoms with Crippen LogP contribution in [0.1, 0.15) is 0 Å². The number of benzene rings is 7. The standard InChI is InChI=1S/C42H28N2OS/c1-4-13-29(14-5-1)43(32-23-25-35-34-19-10-11-22-39(34)45-40(35)27-32)33-24-26-36-37-20-12-21-38(42(37)46-41(36)28-33)44(30-15-6-2-7-16-30)31-17-8-3-9-18-31/h1-28H. The van der Waals surface area contributed by atoms with Gasteiger partial charge in [0.15, 0.2) is 0 Å². The largest absolute Gasteiger partial charge is 0.456 e. The van der Waals surface area contributed by atoms with Gasteiger partial charge in [0.1, 0.15) is 11.2 Å². The maximum atomic E-state index is 6.30. The highest BCUT2D eigenvalue weighted by atomic mass is 32.1. The minimum atomic E-state index is 0.883. The van der Waals surface area contributed by atoms with Gasteiger partial charge < -0.3 is 14.2 Å². The van der Waals surface area contributed by atoms with Crippen LogP contribution in [-0.4, -0.2) is 0 Å². The van der Waals surface area contributed by atoms with Crippen LogP contribution in [0.5, 0.6) is 0 Å². The number of hydrogen-bond donors (Lipinski definition) is 0. The van der Waals surface area contributed by atoms with Gasteiger partial charge in [0.05, 0.1) is 10.4 Å². The van der Waals surface area contributed by atoms with Crippen molar-refractivity contribution in [1.29, 1.82) is 0 Å². The topological polar surface area (TPSA) is 19.6 Å². The molecule has 0 saturated carbocycles. The summed E-state index contributed by atoms with van der Waals surface area (Å²) in [4.78, 5) is 4.68. The molecule has 218 valence electrons. The van der Waals surface area contributed by atoms with E-state index in [0.29, 0.717) is 0 Å². The van der Waals surface area contributed by atoms with Crippen LogP contribution in [0.3, 0.4) is 0 Å². The van der Waals surface area contributed by atoms with Gasteiger partial charge in [-0.2, -0.15) is 0 Å². The molecule has 0 saturated heterocycles. The van der Waals surface area contributed by atoms with Crippen LogP contribution in [0.25, 0.3) is 42.1 Å². The second kappa shape index (κ2) is 11.0. The Kier molecular flexibility index (Phi) is 6.32. The summed E-state index contributed by atoms with van der Waals surface area (Å²) in [5.41, 5.74) is 8.48. The Balaban J connectivity index is 1.22. The van der Waals surface area contributed by atoms with Crippen LogP contribution in [-0.2, 0) is 0 Å². The van der Waals surface area contributed by atoms with Gasteiger partial charge in [0, 0.05) is 60.7 Å². The normalized spacial score (nSPS) is 11.5. The van der Waals surface area contributed by atoms with Gasteiger partial charge in [-0.05, 0) is 72.8 Å². The molecule has 2 heterocycles. The molecule has 0 N–H and O–H groups in total. The minimum Gasteiger partial charge on any atom is -0.456 e. The van der Waals surface area contributed by atoms with Crippen molar-refractivity contribution in [2.45, 2.75) is 0 Å². The summed E-state index contributed by atoms with van der Waals surface area (Å²) in [7, 11) is 0. The molecule has 0 radical (unpaired) electrons. The average Bonchev–Trinajstić information content (AvgIpc) is 3.68. The third-order valence-electron chi connectivity index (χ3n) is 8.62. The molecule has 0 bridgehead atoms. The van der Waals surface area contributed by atoms with Gasteiger partial charge in [-0.25, -0.2) is 0 Å². The molecule has 4 heteroatoms. The summed E-state index contributed by atoms with van der Waals surface area (Å²) in [6.07, 6.45) is 0. The Morgan fingerprint density at radius 2 is 0.913 bits per heavy atom. The van der Waals surface area contributed by atoms with Gasteiger partial charge in [-0.3, -0.25) is 0 Å². The zero-order valence-corrected chi connectivity index (χ0v) is 25.7. The Labute approximate surface area is 270 Å². The van der Waals surface area contributed by atoms with Gasteiger partial charge >= 0.3 is 0 Å². The van der Waals surface area contributed by atoms with E-state index < -0.39 is 0 Å². The van der Waals surface area contributed by atoms with Crippen LogP contribution >= 0.6 is 11.3 Å². The van der Waals surface area contributed by atoms with E-state index in [1.54, 1.807) is 0 Å². The molecular weight excluding hydrogens is 581 g/mol. The zero-order chi connectivity index (χ0) is 30.5. The first kappa shape index (κ1) is 26.6. The van der Waals surface area contributed by atoms with Gasteiger partial charge in [-0.1, -0.05) is 91.0 Å².